The Morgan fingerprint density at radius 3 is 2.62 bits per heavy atom. The minimum atomic E-state index is -0.0884. The van der Waals surface area contributed by atoms with Crippen molar-refractivity contribution >= 4 is 17.4 Å². The summed E-state index contributed by atoms with van der Waals surface area (Å²) in [6, 6.07) is 7.77. The SMILES string of the molecule is CCOC(=O)CC1CCN(c2cccc(C(C)=O)c2)CC1. The van der Waals surface area contributed by atoms with Crippen LogP contribution in [0.1, 0.15) is 43.5 Å². The number of nitrogens with zero attached hydrogens (tertiary/aromatic N) is 1. The Morgan fingerprint density at radius 1 is 1.29 bits per heavy atom. The minimum absolute atomic E-state index is 0.0884. The third-order valence-electron chi connectivity index (χ3n) is 3.99. The van der Waals surface area contributed by atoms with E-state index in [4.69, 9.17) is 4.74 Å². The van der Waals surface area contributed by atoms with Gasteiger partial charge in [0.1, 0.15) is 0 Å². The number of piperidine rings is 1. The van der Waals surface area contributed by atoms with Crippen LogP contribution in [0, 0.1) is 5.92 Å². The first-order chi connectivity index (χ1) is 10.1. The van der Waals surface area contributed by atoms with Gasteiger partial charge in [0.2, 0.25) is 0 Å². The second-order valence-electron chi connectivity index (χ2n) is 5.55. The van der Waals surface area contributed by atoms with Crippen LogP contribution in [0.15, 0.2) is 24.3 Å². The van der Waals surface area contributed by atoms with Crippen molar-refractivity contribution in [2.75, 3.05) is 24.6 Å². The van der Waals surface area contributed by atoms with Crippen molar-refractivity contribution in [2.24, 2.45) is 5.92 Å². The minimum Gasteiger partial charge on any atom is -0.466 e. The molecule has 0 aromatic heterocycles. The Morgan fingerprint density at radius 2 is 2.00 bits per heavy atom. The predicted molar refractivity (Wildman–Crippen MR) is 82.6 cm³/mol. The van der Waals surface area contributed by atoms with Gasteiger partial charge in [-0.3, -0.25) is 9.59 Å². The first kappa shape index (κ1) is 15.5. The largest absolute Gasteiger partial charge is 0.466 e. The molecule has 2 rings (SSSR count). The summed E-state index contributed by atoms with van der Waals surface area (Å²) < 4.78 is 5.01. The Kier molecular flexibility index (Phi) is 5.37. The molecule has 21 heavy (non-hydrogen) atoms. The van der Waals surface area contributed by atoms with E-state index in [-0.39, 0.29) is 11.8 Å². The van der Waals surface area contributed by atoms with E-state index in [2.05, 4.69) is 4.90 Å². The van der Waals surface area contributed by atoms with Crippen molar-refractivity contribution in [2.45, 2.75) is 33.1 Å². The normalized spacial score (nSPS) is 15.8. The molecule has 1 saturated heterocycles. The van der Waals surface area contributed by atoms with Crippen LogP contribution in [0.25, 0.3) is 0 Å². The van der Waals surface area contributed by atoms with Crippen LogP contribution in [-0.2, 0) is 9.53 Å². The van der Waals surface area contributed by atoms with Gasteiger partial charge in [0, 0.05) is 30.8 Å². The number of benzene rings is 1. The van der Waals surface area contributed by atoms with Gasteiger partial charge in [0.25, 0.3) is 0 Å². The summed E-state index contributed by atoms with van der Waals surface area (Å²) in [5, 5.41) is 0. The van der Waals surface area contributed by atoms with Gasteiger partial charge in [-0.1, -0.05) is 12.1 Å². The summed E-state index contributed by atoms with van der Waals surface area (Å²) in [4.78, 5) is 25.2. The predicted octanol–water partition coefficient (Wildman–Crippen LogP) is 3.06. The van der Waals surface area contributed by atoms with Crippen LogP contribution in [0.3, 0.4) is 0 Å². The Hall–Kier alpha value is -1.84. The van der Waals surface area contributed by atoms with Crippen LogP contribution in [-0.4, -0.2) is 31.4 Å². The maximum Gasteiger partial charge on any atom is 0.306 e. The third kappa shape index (κ3) is 4.31. The third-order valence-corrected chi connectivity index (χ3v) is 3.99. The van der Waals surface area contributed by atoms with Gasteiger partial charge < -0.3 is 9.64 Å². The van der Waals surface area contributed by atoms with Gasteiger partial charge in [-0.25, -0.2) is 0 Å². The van der Waals surface area contributed by atoms with Crippen molar-refractivity contribution in [3.8, 4) is 0 Å². The van der Waals surface area contributed by atoms with Crippen molar-refractivity contribution in [1.29, 1.82) is 0 Å². The quantitative estimate of drug-likeness (QED) is 0.617. The highest BCUT2D eigenvalue weighted by molar-refractivity contribution is 5.95. The highest BCUT2D eigenvalue weighted by Gasteiger charge is 2.22. The molecule has 0 bridgehead atoms. The first-order valence-corrected chi connectivity index (χ1v) is 7.61. The molecule has 0 aliphatic carbocycles. The average molecular weight is 289 g/mol. The molecule has 1 aromatic carbocycles. The summed E-state index contributed by atoms with van der Waals surface area (Å²) in [6.07, 6.45) is 2.50. The van der Waals surface area contributed by atoms with Crippen molar-refractivity contribution < 1.29 is 14.3 Å². The van der Waals surface area contributed by atoms with E-state index in [0.29, 0.717) is 18.9 Å². The van der Waals surface area contributed by atoms with Crippen molar-refractivity contribution in [1.82, 2.24) is 0 Å². The van der Waals surface area contributed by atoms with E-state index in [0.717, 1.165) is 37.2 Å². The maximum absolute atomic E-state index is 11.5. The van der Waals surface area contributed by atoms with Gasteiger partial charge in [-0.05, 0) is 44.7 Å². The van der Waals surface area contributed by atoms with Gasteiger partial charge in [0.15, 0.2) is 5.78 Å². The molecule has 0 saturated carbocycles. The monoisotopic (exact) mass is 289 g/mol. The fourth-order valence-electron chi connectivity index (χ4n) is 2.77. The number of anilines is 1. The molecule has 1 aliphatic rings. The van der Waals surface area contributed by atoms with Crippen LogP contribution >= 0.6 is 0 Å². The number of ether oxygens (including phenoxy) is 1. The van der Waals surface area contributed by atoms with Crippen LogP contribution in [0.5, 0.6) is 0 Å². The van der Waals surface area contributed by atoms with Gasteiger partial charge in [-0.2, -0.15) is 0 Å². The van der Waals surface area contributed by atoms with Crippen LogP contribution in [0.4, 0.5) is 5.69 Å². The highest BCUT2D eigenvalue weighted by atomic mass is 16.5. The second kappa shape index (κ2) is 7.25. The molecule has 0 radical (unpaired) electrons. The van der Waals surface area contributed by atoms with E-state index in [1.165, 1.54) is 0 Å². The summed E-state index contributed by atoms with van der Waals surface area (Å²) in [6.45, 7) is 5.72. The number of hydrogen-bond acceptors (Lipinski definition) is 4. The van der Waals surface area contributed by atoms with Gasteiger partial charge in [-0.15, -0.1) is 0 Å². The van der Waals surface area contributed by atoms with E-state index >= 15 is 0 Å². The van der Waals surface area contributed by atoms with E-state index in [9.17, 15) is 9.59 Å². The number of hydrogen-bond donors (Lipinski definition) is 0. The maximum atomic E-state index is 11.5. The lowest BCUT2D eigenvalue weighted by atomic mass is 9.93. The molecule has 4 heteroatoms. The summed E-state index contributed by atoms with van der Waals surface area (Å²) >= 11 is 0. The lowest BCUT2D eigenvalue weighted by molar-refractivity contribution is -0.144. The Balaban J connectivity index is 1.90. The number of carbonyl (C=O) groups is 2. The molecule has 114 valence electrons. The number of Topliss-reactive ketones (excluding diaryl/α,β-unsaturated/α-hetero) is 1. The van der Waals surface area contributed by atoms with E-state index in [1.807, 2.05) is 31.2 Å². The Bertz CT molecular complexity index is 505. The van der Waals surface area contributed by atoms with Gasteiger partial charge in [0.05, 0.1) is 6.61 Å². The molecule has 1 heterocycles. The molecule has 0 atom stereocenters. The highest BCUT2D eigenvalue weighted by Crippen LogP contribution is 2.26. The molecular weight excluding hydrogens is 266 g/mol. The zero-order valence-electron chi connectivity index (χ0n) is 12.8. The van der Waals surface area contributed by atoms with E-state index < -0.39 is 0 Å². The standard InChI is InChI=1S/C17H23NO3/c1-3-21-17(20)11-14-7-9-18(10-8-14)16-6-4-5-15(12-16)13(2)19/h4-6,12,14H,3,7-11H2,1-2H3. The molecular formula is C17H23NO3. The lowest BCUT2D eigenvalue weighted by Gasteiger charge is -2.33. The number of esters is 1. The molecule has 1 aliphatic heterocycles. The Labute approximate surface area is 126 Å². The van der Waals surface area contributed by atoms with Gasteiger partial charge >= 0.3 is 5.97 Å². The molecule has 0 unspecified atom stereocenters. The van der Waals surface area contributed by atoms with E-state index in [1.54, 1.807) is 6.92 Å². The molecule has 0 amide bonds. The smallest absolute Gasteiger partial charge is 0.306 e. The van der Waals surface area contributed by atoms with Crippen LogP contribution in [0.2, 0.25) is 0 Å². The number of rotatable bonds is 5. The number of carbonyl (C=O) groups excluding carboxylic acids is 2. The molecule has 1 aromatic rings. The molecule has 0 spiro atoms. The van der Waals surface area contributed by atoms with Crippen molar-refractivity contribution in [3.05, 3.63) is 29.8 Å². The fraction of sp³-hybridized carbons (Fsp3) is 0.529. The lowest BCUT2D eigenvalue weighted by Crippen LogP contribution is -2.34. The fourth-order valence-corrected chi connectivity index (χ4v) is 2.77. The second-order valence-corrected chi connectivity index (χ2v) is 5.55. The average Bonchev–Trinajstić information content (AvgIpc) is 2.48. The number of ketones is 1. The summed E-state index contributed by atoms with van der Waals surface area (Å²) in [7, 11) is 0. The summed E-state index contributed by atoms with van der Waals surface area (Å²) in [5.74, 6) is 0.417. The molecule has 0 N–H and O–H groups in total. The summed E-state index contributed by atoms with van der Waals surface area (Å²) in [5.41, 5.74) is 1.85. The molecule has 4 nitrogen and oxygen atoms in total. The zero-order valence-corrected chi connectivity index (χ0v) is 12.8. The molecule has 1 fully saturated rings. The topological polar surface area (TPSA) is 46.6 Å². The first-order valence-electron chi connectivity index (χ1n) is 7.61. The van der Waals surface area contributed by atoms with Crippen molar-refractivity contribution in [3.63, 3.8) is 0 Å². The van der Waals surface area contributed by atoms with Crippen LogP contribution < -0.4 is 4.90 Å². The zero-order chi connectivity index (χ0) is 15.2.